The van der Waals surface area contributed by atoms with Crippen LogP contribution in [0.5, 0.6) is 0 Å². The molecule has 1 saturated heterocycles. The summed E-state index contributed by atoms with van der Waals surface area (Å²) < 4.78 is 0. The van der Waals surface area contributed by atoms with Crippen LogP contribution in [0.2, 0.25) is 0 Å². The number of anilines is 4. The SMILES string of the molecule is CC(=O)N1CC2(CCN(c3ccc(C(=O)Nc4ccccc4N)cn3)CC2)c2ccccc21. The average molecular weight is 442 g/mol. The number of piperidine rings is 1. The molecule has 0 atom stereocenters. The number of fused-ring (bicyclic) bond motifs is 2. The molecule has 2 aliphatic rings. The lowest BCUT2D eigenvalue weighted by Crippen LogP contribution is -2.46. The van der Waals surface area contributed by atoms with Crippen molar-refractivity contribution in [2.24, 2.45) is 0 Å². The van der Waals surface area contributed by atoms with Crippen LogP contribution in [0.1, 0.15) is 35.7 Å². The Balaban J connectivity index is 1.27. The van der Waals surface area contributed by atoms with Gasteiger partial charge in [0, 0.05) is 43.9 Å². The van der Waals surface area contributed by atoms with Gasteiger partial charge in [0.15, 0.2) is 0 Å². The van der Waals surface area contributed by atoms with E-state index >= 15 is 0 Å². The predicted molar refractivity (Wildman–Crippen MR) is 131 cm³/mol. The van der Waals surface area contributed by atoms with Gasteiger partial charge in [-0.15, -0.1) is 0 Å². The fraction of sp³-hybridized carbons (Fsp3) is 0.269. The van der Waals surface area contributed by atoms with Crippen molar-refractivity contribution in [2.45, 2.75) is 25.2 Å². The standard InChI is InChI=1S/C26H27N5O2/c1-18(32)31-17-26(20-6-2-5-9-23(20)31)12-14-30(15-13-26)24-11-10-19(16-28-24)25(33)29-22-8-4-3-7-21(22)27/h2-11,16H,12-15,17,27H2,1H3,(H,29,33). The molecule has 33 heavy (non-hydrogen) atoms. The number of para-hydroxylation sites is 3. The lowest BCUT2D eigenvalue weighted by molar-refractivity contribution is -0.116. The first-order valence-electron chi connectivity index (χ1n) is 11.2. The molecular weight excluding hydrogens is 414 g/mol. The molecule has 7 heteroatoms. The van der Waals surface area contributed by atoms with E-state index in [1.54, 1.807) is 31.3 Å². The minimum absolute atomic E-state index is 0.00575. The van der Waals surface area contributed by atoms with Crippen molar-refractivity contribution in [3.05, 3.63) is 78.0 Å². The summed E-state index contributed by atoms with van der Waals surface area (Å²) in [5.74, 6) is 0.710. The van der Waals surface area contributed by atoms with Crippen molar-refractivity contribution < 1.29 is 9.59 Å². The second-order valence-corrected chi connectivity index (χ2v) is 8.84. The van der Waals surface area contributed by atoms with E-state index in [0.29, 0.717) is 16.9 Å². The molecule has 1 aromatic heterocycles. The number of nitrogens with one attached hydrogen (secondary N) is 1. The molecule has 2 amide bonds. The summed E-state index contributed by atoms with van der Waals surface area (Å²) in [6, 6.07) is 19.1. The number of amides is 2. The van der Waals surface area contributed by atoms with Crippen molar-refractivity contribution in [3.8, 4) is 0 Å². The van der Waals surface area contributed by atoms with Crippen molar-refractivity contribution >= 4 is 34.7 Å². The molecule has 168 valence electrons. The number of carbonyl (C=O) groups excluding carboxylic acids is 2. The topological polar surface area (TPSA) is 91.6 Å². The molecule has 7 nitrogen and oxygen atoms in total. The molecule has 0 bridgehead atoms. The molecule has 3 N–H and O–H groups in total. The van der Waals surface area contributed by atoms with Gasteiger partial charge in [0.2, 0.25) is 5.91 Å². The summed E-state index contributed by atoms with van der Waals surface area (Å²) in [4.78, 5) is 33.5. The molecule has 2 aliphatic heterocycles. The van der Waals surface area contributed by atoms with Crippen molar-refractivity contribution in [3.63, 3.8) is 0 Å². The molecule has 0 aliphatic carbocycles. The third kappa shape index (κ3) is 3.80. The van der Waals surface area contributed by atoms with E-state index in [4.69, 9.17) is 5.73 Å². The number of carbonyl (C=O) groups is 2. The summed E-state index contributed by atoms with van der Waals surface area (Å²) in [5.41, 5.74) is 9.83. The van der Waals surface area contributed by atoms with Gasteiger partial charge in [0.05, 0.1) is 16.9 Å². The fourth-order valence-corrected chi connectivity index (χ4v) is 5.02. The molecule has 0 saturated carbocycles. The first-order valence-corrected chi connectivity index (χ1v) is 11.2. The number of pyridine rings is 1. The summed E-state index contributed by atoms with van der Waals surface area (Å²) in [6.07, 6.45) is 3.51. The van der Waals surface area contributed by atoms with E-state index < -0.39 is 0 Å². The first kappa shape index (κ1) is 21.0. The molecular formula is C26H27N5O2. The van der Waals surface area contributed by atoms with E-state index in [1.165, 1.54) is 5.56 Å². The van der Waals surface area contributed by atoms with Gasteiger partial charge in [-0.3, -0.25) is 9.59 Å². The fourth-order valence-electron chi connectivity index (χ4n) is 5.02. The number of benzene rings is 2. The molecule has 5 rings (SSSR count). The molecule has 2 aromatic carbocycles. The number of nitrogen functional groups attached to an aromatic ring is 1. The van der Waals surface area contributed by atoms with Crippen LogP contribution in [0, 0.1) is 0 Å². The Morgan fingerprint density at radius 2 is 1.73 bits per heavy atom. The average Bonchev–Trinajstić information content (AvgIpc) is 3.16. The maximum Gasteiger partial charge on any atom is 0.257 e. The van der Waals surface area contributed by atoms with Gasteiger partial charge < -0.3 is 20.9 Å². The number of nitrogens with two attached hydrogens (primary N) is 1. The Hall–Kier alpha value is -3.87. The second-order valence-electron chi connectivity index (χ2n) is 8.84. The minimum atomic E-state index is -0.239. The Kier molecular flexibility index (Phi) is 5.24. The summed E-state index contributed by atoms with van der Waals surface area (Å²) >= 11 is 0. The third-order valence-electron chi connectivity index (χ3n) is 6.87. The van der Waals surface area contributed by atoms with Gasteiger partial charge in [-0.05, 0) is 48.7 Å². The highest BCUT2D eigenvalue weighted by Gasteiger charge is 2.45. The highest BCUT2D eigenvalue weighted by atomic mass is 16.2. The normalized spacial score (nSPS) is 16.5. The lowest BCUT2D eigenvalue weighted by Gasteiger charge is -2.40. The van der Waals surface area contributed by atoms with Gasteiger partial charge in [-0.25, -0.2) is 4.98 Å². The Labute approximate surface area is 193 Å². The Bertz CT molecular complexity index is 1200. The van der Waals surface area contributed by atoms with Gasteiger partial charge in [-0.1, -0.05) is 30.3 Å². The number of aromatic nitrogens is 1. The van der Waals surface area contributed by atoms with Gasteiger partial charge in [0.25, 0.3) is 5.91 Å². The van der Waals surface area contributed by atoms with Crippen LogP contribution in [0.15, 0.2) is 66.9 Å². The van der Waals surface area contributed by atoms with Crippen molar-refractivity contribution in [2.75, 3.05) is 40.5 Å². The number of hydrogen-bond donors (Lipinski definition) is 2. The first-order chi connectivity index (χ1) is 16.0. The largest absolute Gasteiger partial charge is 0.397 e. The molecule has 0 radical (unpaired) electrons. The third-order valence-corrected chi connectivity index (χ3v) is 6.87. The Morgan fingerprint density at radius 1 is 1.00 bits per heavy atom. The van der Waals surface area contributed by atoms with E-state index in [-0.39, 0.29) is 17.2 Å². The zero-order chi connectivity index (χ0) is 23.0. The van der Waals surface area contributed by atoms with Crippen molar-refractivity contribution in [1.82, 2.24) is 4.98 Å². The van der Waals surface area contributed by atoms with Crippen LogP contribution in [-0.2, 0) is 10.2 Å². The van der Waals surface area contributed by atoms with Crippen LogP contribution < -0.4 is 20.9 Å². The molecule has 3 heterocycles. The highest BCUT2D eigenvalue weighted by Crippen LogP contribution is 2.47. The summed E-state index contributed by atoms with van der Waals surface area (Å²) in [6.45, 7) is 4.07. The summed E-state index contributed by atoms with van der Waals surface area (Å²) in [7, 11) is 0. The predicted octanol–water partition coefficient (Wildman–Crippen LogP) is 3.82. The van der Waals surface area contributed by atoms with E-state index in [2.05, 4.69) is 27.3 Å². The molecule has 1 fully saturated rings. The molecule has 1 spiro atoms. The van der Waals surface area contributed by atoms with Gasteiger partial charge in [-0.2, -0.15) is 0 Å². The maximum absolute atomic E-state index is 12.6. The van der Waals surface area contributed by atoms with Crippen LogP contribution in [-0.4, -0.2) is 36.4 Å². The van der Waals surface area contributed by atoms with Crippen LogP contribution in [0.4, 0.5) is 22.9 Å². The smallest absolute Gasteiger partial charge is 0.257 e. The zero-order valence-electron chi connectivity index (χ0n) is 18.6. The number of nitrogens with zero attached hydrogens (tertiary/aromatic N) is 3. The number of hydrogen-bond acceptors (Lipinski definition) is 5. The van der Waals surface area contributed by atoms with Crippen LogP contribution >= 0.6 is 0 Å². The highest BCUT2D eigenvalue weighted by molar-refractivity contribution is 6.05. The number of rotatable bonds is 3. The van der Waals surface area contributed by atoms with Gasteiger partial charge >= 0.3 is 0 Å². The summed E-state index contributed by atoms with van der Waals surface area (Å²) in [5, 5.41) is 2.83. The van der Waals surface area contributed by atoms with Crippen molar-refractivity contribution in [1.29, 1.82) is 0 Å². The van der Waals surface area contributed by atoms with Crippen LogP contribution in [0.3, 0.4) is 0 Å². The minimum Gasteiger partial charge on any atom is -0.397 e. The van der Waals surface area contributed by atoms with E-state index in [1.807, 2.05) is 35.2 Å². The second kappa shape index (κ2) is 8.24. The van der Waals surface area contributed by atoms with E-state index in [9.17, 15) is 9.59 Å². The Morgan fingerprint density at radius 3 is 2.42 bits per heavy atom. The zero-order valence-corrected chi connectivity index (χ0v) is 18.6. The monoisotopic (exact) mass is 441 g/mol. The maximum atomic E-state index is 12.6. The quantitative estimate of drug-likeness (QED) is 0.603. The molecule has 3 aromatic rings. The van der Waals surface area contributed by atoms with E-state index in [0.717, 1.165) is 44.0 Å². The van der Waals surface area contributed by atoms with Gasteiger partial charge in [0.1, 0.15) is 5.82 Å². The lowest BCUT2D eigenvalue weighted by atomic mass is 9.74. The molecule has 0 unspecified atom stereocenters. The van der Waals surface area contributed by atoms with Crippen LogP contribution in [0.25, 0.3) is 0 Å².